The smallest absolute Gasteiger partial charge is 0.0461 e. The zero-order valence-electron chi connectivity index (χ0n) is 36.4. The van der Waals surface area contributed by atoms with Gasteiger partial charge in [0.05, 0.1) is 0 Å². The van der Waals surface area contributed by atoms with Crippen LogP contribution >= 0.6 is 0 Å². The molecule has 11 aromatic carbocycles. The van der Waals surface area contributed by atoms with Crippen molar-refractivity contribution in [1.29, 1.82) is 0 Å². The molecule has 0 N–H and O–H groups in total. The molecule has 12 rings (SSSR count). The maximum absolute atomic E-state index is 2.53. The molecule has 0 heteroatoms. The summed E-state index contributed by atoms with van der Waals surface area (Å²) in [5.41, 5.74) is 21.2. The second kappa shape index (κ2) is 15.9. The van der Waals surface area contributed by atoms with Gasteiger partial charge in [-0.2, -0.15) is 0 Å². The molecule has 0 heterocycles. The van der Waals surface area contributed by atoms with Gasteiger partial charge in [-0.3, -0.25) is 0 Å². The van der Waals surface area contributed by atoms with Gasteiger partial charge in [0.2, 0.25) is 0 Å². The molecule has 0 saturated carbocycles. The first-order valence-corrected chi connectivity index (χ1v) is 22.9. The second-order valence-corrected chi connectivity index (χ2v) is 17.5. The average molecular weight is 827 g/mol. The van der Waals surface area contributed by atoms with E-state index in [1.165, 1.54) is 116 Å². The topological polar surface area (TPSA) is 0 Å². The summed E-state index contributed by atoms with van der Waals surface area (Å²) in [7, 11) is 0. The Labute approximate surface area is 381 Å². The van der Waals surface area contributed by atoms with Gasteiger partial charge in [0.25, 0.3) is 0 Å². The first-order valence-electron chi connectivity index (χ1n) is 22.9. The van der Waals surface area contributed by atoms with Crippen molar-refractivity contribution in [2.45, 2.75) is 18.8 Å². The second-order valence-electron chi connectivity index (χ2n) is 17.5. The van der Waals surface area contributed by atoms with E-state index in [0.717, 1.165) is 6.42 Å². The van der Waals surface area contributed by atoms with Gasteiger partial charge in [-0.25, -0.2) is 0 Å². The van der Waals surface area contributed by atoms with Crippen molar-refractivity contribution >= 4 is 21.5 Å². The van der Waals surface area contributed by atoms with Crippen LogP contribution in [0.4, 0.5) is 0 Å². The van der Waals surface area contributed by atoms with Gasteiger partial charge >= 0.3 is 0 Å². The van der Waals surface area contributed by atoms with Gasteiger partial charge in [-0.15, -0.1) is 0 Å². The van der Waals surface area contributed by atoms with Crippen molar-refractivity contribution in [2.75, 3.05) is 0 Å². The van der Waals surface area contributed by atoms with Crippen LogP contribution in [0.5, 0.6) is 0 Å². The fraction of sp³-hybridized carbons (Fsp3) is 0.0462. The van der Waals surface area contributed by atoms with E-state index < -0.39 is 0 Å². The summed E-state index contributed by atoms with van der Waals surface area (Å²) in [5, 5.41) is 5.04. The van der Waals surface area contributed by atoms with E-state index in [-0.39, 0.29) is 5.41 Å². The lowest BCUT2D eigenvalue weighted by atomic mass is 9.69. The Kier molecular flexibility index (Phi) is 9.46. The van der Waals surface area contributed by atoms with Gasteiger partial charge in [0, 0.05) is 5.41 Å². The third kappa shape index (κ3) is 6.44. The van der Waals surface area contributed by atoms with Crippen molar-refractivity contribution in [3.8, 4) is 77.9 Å². The highest BCUT2D eigenvalue weighted by molar-refractivity contribution is 6.21. The highest BCUT2D eigenvalue weighted by Gasteiger charge is 2.43. The SMILES string of the molecule is CCC1(c2cccc(-c3ccccc3)c2)c2ccccc2-c2ccc(-c3c4ccccc4c(-c4ccc(-c5cc(-c6ccccc6)cc(-c6ccccc6)c5)cc4)c4ccccc34)cc21. The van der Waals surface area contributed by atoms with Crippen LogP contribution in [0.1, 0.15) is 30.0 Å². The van der Waals surface area contributed by atoms with Crippen molar-refractivity contribution in [3.05, 3.63) is 265 Å². The monoisotopic (exact) mass is 826 g/mol. The van der Waals surface area contributed by atoms with Crippen LogP contribution in [0.2, 0.25) is 0 Å². The van der Waals surface area contributed by atoms with Gasteiger partial charge in [-0.05, 0) is 153 Å². The summed E-state index contributed by atoms with van der Waals surface area (Å²) < 4.78 is 0. The average Bonchev–Trinajstić information content (AvgIpc) is 3.68. The standard InChI is InChI=1S/C65H46/c1-2-65(54-26-18-25-49(42-54)44-19-6-3-7-20-44)61-32-17-16-27-55(61)56-38-37-50(43-62(56)65)64-59-30-14-12-28-57(59)63(58-29-13-15-31-60(58)64)48-35-33-47(34-36-48)53-40-51(45-21-8-4-9-22-45)39-52(41-53)46-23-10-5-11-24-46/h3-43H,2H2,1H3. The summed E-state index contributed by atoms with van der Waals surface area (Å²) in [6.07, 6.45) is 0.944. The number of benzene rings is 11. The molecule has 1 atom stereocenters. The number of hydrogen-bond donors (Lipinski definition) is 0. The molecule has 0 spiro atoms. The van der Waals surface area contributed by atoms with Crippen LogP contribution in [0, 0.1) is 0 Å². The van der Waals surface area contributed by atoms with E-state index in [1.54, 1.807) is 0 Å². The lowest BCUT2D eigenvalue weighted by Gasteiger charge is -2.32. The summed E-state index contributed by atoms with van der Waals surface area (Å²) in [6, 6.07) is 92.2. The molecular formula is C65H46. The molecule has 0 bridgehead atoms. The van der Waals surface area contributed by atoms with Crippen molar-refractivity contribution in [1.82, 2.24) is 0 Å². The van der Waals surface area contributed by atoms with Crippen molar-refractivity contribution in [3.63, 3.8) is 0 Å². The Morgan fingerprint density at radius 3 is 1.20 bits per heavy atom. The van der Waals surface area contributed by atoms with Crippen LogP contribution < -0.4 is 0 Å². The third-order valence-corrected chi connectivity index (χ3v) is 14.0. The van der Waals surface area contributed by atoms with Crippen LogP contribution in [0.15, 0.2) is 249 Å². The van der Waals surface area contributed by atoms with Gasteiger partial charge < -0.3 is 0 Å². The summed E-state index contributed by atoms with van der Waals surface area (Å²) >= 11 is 0. The minimum atomic E-state index is -0.303. The van der Waals surface area contributed by atoms with E-state index in [4.69, 9.17) is 0 Å². The summed E-state index contributed by atoms with van der Waals surface area (Å²) in [4.78, 5) is 0. The lowest BCUT2D eigenvalue weighted by Crippen LogP contribution is -2.26. The highest BCUT2D eigenvalue weighted by atomic mass is 14.5. The Morgan fingerprint density at radius 2 is 0.662 bits per heavy atom. The minimum absolute atomic E-state index is 0.303. The van der Waals surface area contributed by atoms with E-state index in [2.05, 4.69) is 256 Å². The van der Waals surface area contributed by atoms with Crippen LogP contribution in [-0.2, 0) is 5.41 Å². The van der Waals surface area contributed by atoms with Crippen molar-refractivity contribution in [2.24, 2.45) is 0 Å². The molecule has 1 aliphatic carbocycles. The quantitative estimate of drug-likeness (QED) is 0.134. The van der Waals surface area contributed by atoms with Gasteiger partial charge in [0.1, 0.15) is 0 Å². The van der Waals surface area contributed by atoms with E-state index in [1.807, 2.05) is 0 Å². The molecule has 1 aliphatic rings. The van der Waals surface area contributed by atoms with E-state index in [9.17, 15) is 0 Å². The predicted molar refractivity (Wildman–Crippen MR) is 276 cm³/mol. The predicted octanol–water partition coefficient (Wildman–Crippen LogP) is 17.7. The first-order chi connectivity index (χ1) is 32.2. The first kappa shape index (κ1) is 38.6. The maximum Gasteiger partial charge on any atom is 0.0461 e. The van der Waals surface area contributed by atoms with Crippen LogP contribution in [-0.4, -0.2) is 0 Å². The Hall–Kier alpha value is -8.06. The minimum Gasteiger partial charge on any atom is -0.0639 e. The number of hydrogen-bond acceptors (Lipinski definition) is 0. The molecule has 0 nitrogen and oxygen atoms in total. The molecule has 0 aromatic heterocycles. The number of fused-ring (bicyclic) bond motifs is 5. The molecule has 0 amide bonds. The Bertz CT molecular complexity index is 3430. The summed E-state index contributed by atoms with van der Waals surface area (Å²) in [6.45, 7) is 2.36. The van der Waals surface area contributed by atoms with Crippen LogP contribution in [0.25, 0.3) is 99.4 Å². The van der Waals surface area contributed by atoms with Crippen molar-refractivity contribution < 1.29 is 0 Å². The van der Waals surface area contributed by atoms with E-state index >= 15 is 0 Å². The fourth-order valence-corrected chi connectivity index (χ4v) is 11.0. The molecule has 0 fully saturated rings. The maximum atomic E-state index is 2.53. The zero-order chi connectivity index (χ0) is 43.3. The highest BCUT2D eigenvalue weighted by Crippen LogP contribution is 2.56. The number of rotatable bonds is 8. The largest absolute Gasteiger partial charge is 0.0639 e. The fourth-order valence-electron chi connectivity index (χ4n) is 11.0. The molecule has 0 aliphatic heterocycles. The Balaban J connectivity index is 1.01. The third-order valence-electron chi connectivity index (χ3n) is 14.0. The van der Waals surface area contributed by atoms with Crippen LogP contribution in [0.3, 0.4) is 0 Å². The lowest BCUT2D eigenvalue weighted by molar-refractivity contribution is 0.610. The Morgan fingerprint density at radius 1 is 0.262 bits per heavy atom. The normalized spacial score (nSPS) is 14.0. The van der Waals surface area contributed by atoms with E-state index in [0.29, 0.717) is 0 Å². The molecular weight excluding hydrogens is 781 g/mol. The van der Waals surface area contributed by atoms with Gasteiger partial charge in [0.15, 0.2) is 0 Å². The molecule has 11 aromatic rings. The molecule has 1 unspecified atom stereocenters. The zero-order valence-corrected chi connectivity index (χ0v) is 36.4. The van der Waals surface area contributed by atoms with Gasteiger partial charge in [-0.1, -0.05) is 225 Å². The molecule has 65 heavy (non-hydrogen) atoms. The molecule has 306 valence electrons. The molecule has 0 radical (unpaired) electrons. The molecule has 0 saturated heterocycles. The summed E-state index contributed by atoms with van der Waals surface area (Å²) in [5.74, 6) is 0.